The van der Waals surface area contributed by atoms with E-state index in [1.54, 1.807) is 24.3 Å². The first-order valence-corrected chi connectivity index (χ1v) is 6.02. The number of carbonyl (C=O) groups is 2. The van der Waals surface area contributed by atoms with Gasteiger partial charge >= 0.3 is 43.8 Å². The second-order valence-electron chi connectivity index (χ2n) is 4.27. The maximum atomic E-state index is 12.3. The van der Waals surface area contributed by atoms with Crippen molar-refractivity contribution in [1.82, 2.24) is 0 Å². The Hall–Kier alpha value is -1.36. The summed E-state index contributed by atoms with van der Waals surface area (Å²) in [6.07, 6.45) is 0. The van der Waals surface area contributed by atoms with Gasteiger partial charge in [-0.1, -0.05) is 36.4 Å². The second kappa shape index (κ2) is 6.39. The van der Waals surface area contributed by atoms with Gasteiger partial charge in [0.25, 0.3) is 5.91 Å². The topological polar surface area (TPSA) is 40.6 Å². The van der Waals surface area contributed by atoms with Crippen LogP contribution in [-0.4, -0.2) is 56.2 Å². The summed E-state index contributed by atoms with van der Waals surface area (Å²) in [7, 11) is 0. The third-order valence-corrected chi connectivity index (χ3v) is 3.05. The van der Waals surface area contributed by atoms with Crippen molar-refractivity contribution in [3.05, 3.63) is 60.7 Å². The van der Waals surface area contributed by atoms with Crippen LogP contribution in [-0.2, 0) is 4.79 Å². The Morgan fingerprint density at radius 1 is 0.800 bits per heavy atom. The Morgan fingerprint density at radius 3 is 1.85 bits per heavy atom. The number of hydrogen-bond donors (Lipinski definition) is 0. The van der Waals surface area contributed by atoms with Crippen LogP contribution in [0, 0.1) is 0 Å². The first-order valence-electron chi connectivity index (χ1n) is 6.02. The molecular weight excluding hydrogens is 280 g/mol. The quantitative estimate of drug-likeness (QED) is 0.631. The summed E-state index contributed by atoms with van der Waals surface area (Å²) < 4.78 is 0. The van der Waals surface area contributed by atoms with Gasteiger partial charge in [0.1, 0.15) is 6.54 Å². The molecule has 2 aromatic rings. The molecule has 1 aliphatic rings. The summed E-state index contributed by atoms with van der Waals surface area (Å²) in [5.74, 6) is -0.208. The minimum atomic E-state index is -0.303. The molecule has 0 atom stereocenters. The Balaban J connectivity index is 0.00000147. The zero-order valence-corrected chi connectivity index (χ0v) is 13.1. The number of nitrogens with zero attached hydrogens (tertiary/aromatic N) is 2. The number of hydrogen-bond acceptors (Lipinski definition) is 2. The smallest absolute Gasteiger partial charge is 1.00 e. The van der Waals surface area contributed by atoms with Crippen LogP contribution in [0.5, 0.6) is 0 Å². The third kappa shape index (κ3) is 2.73. The predicted molar refractivity (Wildman–Crippen MR) is 81.1 cm³/mol. The van der Waals surface area contributed by atoms with Crippen LogP contribution in [0.15, 0.2) is 60.7 Å². The number of amides is 3. The fourth-order valence-electron chi connectivity index (χ4n) is 2.14. The van der Waals surface area contributed by atoms with Crippen LogP contribution in [0.3, 0.4) is 0 Å². The van der Waals surface area contributed by atoms with E-state index in [0.29, 0.717) is 5.69 Å². The Kier molecular flexibility index (Phi) is 4.81. The molecule has 0 N–H and O–H groups in total. The summed E-state index contributed by atoms with van der Waals surface area (Å²) >= 11 is 0. The molecule has 2 aromatic carbocycles. The van der Waals surface area contributed by atoms with E-state index in [9.17, 15) is 9.59 Å². The van der Waals surface area contributed by atoms with Crippen molar-refractivity contribution in [3.8, 4) is 0 Å². The first kappa shape index (κ1) is 15.0. The van der Waals surface area contributed by atoms with Gasteiger partial charge in [-0.25, -0.2) is 9.69 Å². The van der Waals surface area contributed by atoms with Crippen molar-refractivity contribution in [1.29, 1.82) is 0 Å². The Bertz CT molecular complexity index is 626. The van der Waals surface area contributed by atoms with Crippen molar-refractivity contribution >= 4 is 61.1 Å². The predicted octanol–water partition coefficient (Wildman–Crippen LogP) is 2.50. The number of anilines is 2. The SMILES string of the molecule is O=C1CN(c2ccccc2)C(=O)N1c1ccccc1.[Ca+2].[H-].[H-]. The Labute approximate surface area is 150 Å². The fraction of sp³-hybridized carbons (Fsp3) is 0.0667. The number of benzene rings is 2. The van der Waals surface area contributed by atoms with E-state index >= 15 is 0 Å². The van der Waals surface area contributed by atoms with Gasteiger partial charge in [0.15, 0.2) is 0 Å². The molecule has 4 nitrogen and oxygen atoms in total. The van der Waals surface area contributed by atoms with Crippen molar-refractivity contribution in [2.45, 2.75) is 0 Å². The molecule has 0 aliphatic carbocycles. The molecule has 5 heteroatoms. The summed E-state index contributed by atoms with van der Waals surface area (Å²) in [4.78, 5) is 27.1. The number of para-hydroxylation sites is 2. The fourth-order valence-corrected chi connectivity index (χ4v) is 2.14. The van der Waals surface area contributed by atoms with Crippen molar-refractivity contribution in [2.75, 3.05) is 16.3 Å². The molecule has 3 rings (SSSR count). The van der Waals surface area contributed by atoms with Gasteiger partial charge in [-0.2, -0.15) is 0 Å². The molecule has 0 unspecified atom stereocenters. The minimum absolute atomic E-state index is 0. The van der Waals surface area contributed by atoms with Gasteiger partial charge in [-0.3, -0.25) is 9.69 Å². The summed E-state index contributed by atoms with van der Waals surface area (Å²) in [6, 6.07) is 17.9. The maximum absolute atomic E-state index is 12.3. The van der Waals surface area contributed by atoms with Crippen LogP contribution in [0.25, 0.3) is 0 Å². The monoisotopic (exact) mass is 294 g/mol. The average molecular weight is 294 g/mol. The van der Waals surface area contributed by atoms with Crippen LogP contribution in [0.2, 0.25) is 0 Å². The van der Waals surface area contributed by atoms with E-state index in [1.165, 1.54) is 9.80 Å². The van der Waals surface area contributed by atoms with Gasteiger partial charge in [0, 0.05) is 5.69 Å². The minimum Gasteiger partial charge on any atom is -1.00 e. The van der Waals surface area contributed by atoms with Gasteiger partial charge in [0.05, 0.1) is 5.69 Å². The molecule has 0 bridgehead atoms. The van der Waals surface area contributed by atoms with Crippen molar-refractivity contribution in [3.63, 3.8) is 0 Å². The van der Waals surface area contributed by atoms with Crippen LogP contribution < -0.4 is 9.80 Å². The number of rotatable bonds is 2. The van der Waals surface area contributed by atoms with E-state index < -0.39 is 0 Å². The molecule has 98 valence electrons. The zero-order chi connectivity index (χ0) is 13.2. The van der Waals surface area contributed by atoms with E-state index in [-0.39, 0.29) is 59.1 Å². The van der Waals surface area contributed by atoms with Crippen LogP contribution in [0.1, 0.15) is 2.85 Å². The molecule has 1 fully saturated rings. The second-order valence-corrected chi connectivity index (χ2v) is 4.27. The standard InChI is InChI=1S/C15H12N2O2.Ca.2H/c18-14-11-16(12-7-3-1-4-8-12)15(19)17(14)13-9-5-2-6-10-13;;;/h1-10H,11H2;;;/q;+2;2*-1. The Morgan fingerprint density at radius 2 is 1.30 bits per heavy atom. The summed E-state index contributed by atoms with van der Waals surface area (Å²) in [6.45, 7) is 0.0811. The van der Waals surface area contributed by atoms with E-state index in [2.05, 4.69) is 0 Å². The molecular formula is C15H14CaN2O2. The van der Waals surface area contributed by atoms with E-state index in [4.69, 9.17) is 0 Å². The number of carbonyl (C=O) groups excluding carboxylic acids is 2. The third-order valence-electron chi connectivity index (χ3n) is 3.05. The molecule has 20 heavy (non-hydrogen) atoms. The molecule has 0 spiro atoms. The molecule has 0 radical (unpaired) electrons. The molecule has 3 amide bonds. The van der Waals surface area contributed by atoms with E-state index in [1.807, 2.05) is 36.4 Å². The van der Waals surface area contributed by atoms with Crippen LogP contribution >= 0.6 is 0 Å². The van der Waals surface area contributed by atoms with E-state index in [0.717, 1.165) is 5.69 Å². The molecule has 0 saturated carbocycles. The molecule has 1 saturated heterocycles. The van der Waals surface area contributed by atoms with Gasteiger partial charge < -0.3 is 2.85 Å². The molecule has 1 heterocycles. The van der Waals surface area contributed by atoms with Crippen molar-refractivity contribution < 1.29 is 12.4 Å². The molecule has 1 aliphatic heterocycles. The number of imide groups is 1. The van der Waals surface area contributed by atoms with Gasteiger partial charge in [0.2, 0.25) is 0 Å². The molecule has 0 aromatic heterocycles. The average Bonchev–Trinajstić information content (AvgIpc) is 2.76. The summed E-state index contributed by atoms with van der Waals surface area (Å²) in [5.41, 5.74) is 1.34. The van der Waals surface area contributed by atoms with Gasteiger partial charge in [-0.05, 0) is 24.3 Å². The zero-order valence-electron chi connectivity index (χ0n) is 12.9. The summed E-state index contributed by atoms with van der Waals surface area (Å²) in [5, 5.41) is 0. The number of urea groups is 1. The van der Waals surface area contributed by atoms with Gasteiger partial charge in [-0.15, -0.1) is 0 Å². The normalized spacial score (nSPS) is 14.4. The van der Waals surface area contributed by atoms with Crippen LogP contribution in [0.4, 0.5) is 16.2 Å². The first-order chi connectivity index (χ1) is 9.27. The largest absolute Gasteiger partial charge is 2.00 e. The van der Waals surface area contributed by atoms with Crippen molar-refractivity contribution in [2.24, 2.45) is 0 Å². The maximum Gasteiger partial charge on any atom is 2.00 e.